The number of hydrogen-bond acceptors (Lipinski definition) is 3. The zero-order chi connectivity index (χ0) is 13.8. The van der Waals surface area contributed by atoms with Gasteiger partial charge in [0.1, 0.15) is 0 Å². The van der Waals surface area contributed by atoms with Gasteiger partial charge in [0, 0.05) is 18.6 Å². The molecular formula is C16H12N4. The van der Waals surface area contributed by atoms with Crippen LogP contribution in [0, 0.1) is 18.8 Å². The zero-order valence-electron chi connectivity index (χ0n) is 11.0. The first kappa shape index (κ1) is 12.1. The van der Waals surface area contributed by atoms with Crippen molar-refractivity contribution in [3.63, 3.8) is 0 Å². The molecule has 2 heterocycles. The molecule has 0 atom stereocenters. The maximum absolute atomic E-state index is 4.30. The Morgan fingerprint density at radius 2 is 1.75 bits per heavy atom. The van der Waals surface area contributed by atoms with E-state index in [0.717, 1.165) is 11.3 Å². The summed E-state index contributed by atoms with van der Waals surface area (Å²) in [6, 6.07) is 9.93. The van der Waals surface area contributed by atoms with Gasteiger partial charge in [-0.25, -0.2) is 14.6 Å². The van der Waals surface area contributed by atoms with E-state index in [4.69, 9.17) is 0 Å². The summed E-state index contributed by atoms with van der Waals surface area (Å²) in [5.41, 5.74) is 3.07. The van der Waals surface area contributed by atoms with Gasteiger partial charge in [-0.2, -0.15) is 5.10 Å². The maximum Gasteiger partial charge on any atom is 0.205 e. The van der Waals surface area contributed by atoms with Gasteiger partial charge < -0.3 is 0 Å². The highest BCUT2D eigenvalue weighted by Crippen LogP contribution is 2.09. The average Bonchev–Trinajstić information content (AvgIpc) is 2.96. The SMILES string of the molecule is Cc1ccc(-n2cc(C#Cc3ncccn3)cn2)cc1. The molecule has 0 N–H and O–H groups in total. The summed E-state index contributed by atoms with van der Waals surface area (Å²) in [6.07, 6.45) is 6.97. The van der Waals surface area contributed by atoms with Crippen molar-refractivity contribution in [1.29, 1.82) is 0 Å². The first-order chi connectivity index (χ1) is 9.81. The Morgan fingerprint density at radius 3 is 2.50 bits per heavy atom. The molecule has 0 fully saturated rings. The fourth-order valence-corrected chi connectivity index (χ4v) is 1.72. The highest BCUT2D eigenvalue weighted by molar-refractivity contribution is 5.39. The van der Waals surface area contributed by atoms with Crippen LogP contribution in [0.2, 0.25) is 0 Å². The molecule has 0 unspecified atom stereocenters. The Balaban J connectivity index is 1.84. The molecule has 0 aliphatic rings. The lowest BCUT2D eigenvalue weighted by Crippen LogP contribution is -1.93. The summed E-state index contributed by atoms with van der Waals surface area (Å²) in [5, 5.41) is 4.30. The van der Waals surface area contributed by atoms with Gasteiger partial charge in [-0.05, 0) is 31.0 Å². The molecule has 2 aromatic heterocycles. The predicted molar refractivity (Wildman–Crippen MR) is 76.3 cm³/mol. The zero-order valence-corrected chi connectivity index (χ0v) is 11.0. The third-order valence-corrected chi connectivity index (χ3v) is 2.77. The van der Waals surface area contributed by atoms with Crippen molar-refractivity contribution in [3.05, 3.63) is 72.1 Å². The molecule has 0 aliphatic heterocycles. The summed E-state index contributed by atoms with van der Waals surface area (Å²) in [7, 11) is 0. The maximum atomic E-state index is 4.30. The summed E-state index contributed by atoms with van der Waals surface area (Å²) < 4.78 is 1.80. The van der Waals surface area contributed by atoms with Crippen LogP contribution in [0.25, 0.3) is 5.69 Å². The van der Waals surface area contributed by atoms with Crippen molar-refractivity contribution in [1.82, 2.24) is 19.7 Å². The smallest absolute Gasteiger partial charge is 0.205 e. The fraction of sp³-hybridized carbons (Fsp3) is 0.0625. The summed E-state index contributed by atoms with van der Waals surface area (Å²) in [5.74, 6) is 6.42. The standard InChI is InChI=1S/C16H12N4/c1-13-3-6-15(7-4-13)20-12-14(11-19-20)5-8-16-17-9-2-10-18-16/h2-4,6-7,9-12H,1H3. The summed E-state index contributed by atoms with van der Waals surface area (Å²) >= 11 is 0. The van der Waals surface area contributed by atoms with Crippen LogP contribution in [-0.4, -0.2) is 19.7 Å². The van der Waals surface area contributed by atoms with Crippen LogP contribution in [0.15, 0.2) is 55.1 Å². The van der Waals surface area contributed by atoms with Gasteiger partial charge in [-0.3, -0.25) is 0 Å². The van der Waals surface area contributed by atoms with Crippen LogP contribution < -0.4 is 0 Å². The van der Waals surface area contributed by atoms with Crippen molar-refractivity contribution in [2.24, 2.45) is 0 Å². The van der Waals surface area contributed by atoms with Crippen molar-refractivity contribution >= 4 is 0 Å². The van der Waals surface area contributed by atoms with Crippen LogP contribution in [0.3, 0.4) is 0 Å². The minimum absolute atomic E-state index is 0.510. The highest BCUT2D eigenvalue weighted by Gasteiger charge is 1.98. The van der Waals surface area contributed by atoms with E-state index >= 15 is 0 Å². The van der Waals surface area contributed by atoms with E-state index in [2.05, 4.69) is 46.0 Å². The Labute approximate surface area is 117 Å². The topological polar surface area (TPSA) is 43.6 Å². The molecule has 4 heteroatoms. The molecule has 0 radical (unpaired) electrons. The van der Waals surface area contributed by atoms with Crippen LogP contribution in [0.5, 0.6) is 0 Å². The second-order valence-corrected chi connectivity index (χ2v) is 4.33. The third-order valence-electron chi connectivity index (χ3n) is 2.77. The van der Waals surface area contributed by atoms with Gasteiger partial charge in [-0.15, -0.1) is 0 Å². The van der Waals surface area contributed by atoms with E-state index in [-0.39, 0.29) is 0 Å². The van der Waals surface area contributed by atoms with Crippen molar-refractivity contribution in [3.8, 4) is 17.5 Å². The molecule has 0 aliphatic carbocycles. The molecule has 96 valence electrons. The molecule has 4 nitrogen and oxygen atoms in total. The summed E-state index contributed by atoms with van der Waals surface area (Å²) in [4.78, 5) is 8.11. The van der Waals surface area contributed by atoms with E-state index in [1.807, 2.05) is 18.3 Å². The van der Waals surface area contributed by atoms with Gasteiger partial charge >= 0.3 is 0 Å². The number of rotatable bonds is 1. The normalized spacial score (nSPS) is 9.85. The fourth-order valence-electron chi connectivity index (χ4n) is 1.72. The first-order valence-corrected chi connectivity index (χ1v) is 6.22. The molecule has 1 aromatic carbocycles. The van der Waals surface area contributed by atoms with Gasteiger partial charge in [0.15, 0.2) is 0 Å². The minimum Gasteiger partial charge on any atom is -0.240 e. The summed E-state index contributed by atoms with van der Waals surface area (Å²) in [6.45, 7) is 2.06. The number of hydrogen-bond donors (Lipinski definition) is 0. The Hall–Kier alpha value is -2.93. The molecule has 0 saturated heterocycles. The second kappa shape index (κ2) is 5.37. The van der Waals surface area contributed by atoms with Crippen LogP contribution >= 0.6 is 0 Å². The molecular weight excluding hydrogens is 248 g/mol. The van der Waals surface area contributed by atoms with Gasteiger partial charge in [0.2, 0.25) is 5.82 Å². The second-order valence-electron chi connectivity index (χ2n) is 4.33. The Kier molecular flexibility index (Phi) is 3.25. The first-order valence-electron chi connectivity index (χ1n) is 6.22. The lowest BCUT2D eigenvalue weighted by Gasteiger charge is -2.00. The van der Waals surface area contributed by atoms with Crippen LogP contribution in [0.1, 0.15) is 17.0 Å². The number of aryl methyl sites for hydroxylation is 1. The van der Waals surface area contributed by atoms with Gasteiger partial charge in [0.05, 0.1) is 17.4 Å². The van der Waals surface area contributed by atoms with Gasteiger partial charge in [-0.1, -0.05) is 23.6 Å². The molecule has 3 aromatic rings. The quantitative estimate of drug-likeness (QED) is 0.631. The van der Waals surface area contributed by atoms with Crippen molar-refractivity contribution < 1.29 is 0 Å². The van der Waals surface area contributed by atoms with Crippen molar-refractivity contribution in [2.75, 3.05) is 0 Å². The molecule has 3 rings (SSSR count). The molecule has 0 amide bonds. The molecule has 0 saturated carbocycles. The number of nitrogens with zero attached hydrogens (tertiary/aromatic N) is 4. The predicted octanol–water partition coefficient (Wildman–Crippen LogP) is 2.37. The number of benzene rings is 1. The average molecular weight is 260 g/mol. The van der Waals surface area contributed by atoms with E-state index in [1.165, 1.54) is 5.56 Å². The largest absolute Gasteiger partial charge is 0.240 e. The Bertz CT molecular complexity index is 761. The van der Waals surface area contributed by atoms with Crippen molar-refractivity contribution in [2.45, 2.75) is 6.92 Å². The van der Waals surface area contributed by atoms with Gasteiger partial charge in [0.25, 0.3) is 0 Å². The molecule has 20 heavy (non-hydrogen) atoms. The van der Waals surface area contributed by atoms with E-state index in [1.54, 1.807) is 29.3 Å². The van der Waals surface area contributed by atoms with Crippen LogP contribution in [-0.2, 0) is 0 Å². The lowest BCUT2D eigenvalue weighted by molar-refractivity contribution is 0.880. The van der Waals surface area contributed by atoms with Crippen LogP contribution in [0.4, 0.5) is 0 Å². The number of aromatic nitrogens is 4. The van der Waals surface area contributed by atoms with E-state index in [9.17, 15) is 0 Å². The third kappa shape index (κ3) is 2.73. The van der Waals surface area contributed by atoms with E-state index < -0.39 is 0 Å². The minimum atomic E-state index is 0.510. The molecule has 0 spiro atoms. The monoisotopic (exact) mass is 260 g/mol. The van der Waals surface area contributed by atoms with E-state index in [0.29, 0.717) is 5.82 Å². The highest BCUT2D eigenvalue weighted by atomic mass is 15.3. The Morgan fingerprint density at radius 1 is 1.00 bits per heavy atom. The molecule has 0 bridgehead atoms. The lowest BCUT2D eigenvalue weighted by atomic mass is 10.2.